The van der Waals surface area contributed by atoms with Gasteiger partial charge < -0.3 is 5.73 Å². The van der Waals surface area contributed by atoms with Crippen molar-refractivity contribution in [2.75, 3.05) is 12.8 Å². The van der Waals surface area contributed by atoms with Crippen LogP contribution in [0.1, 0.15) is 10.9 Å². The van der Waals surface area contributed by atoms with Crippen LogP contribution in [0.2, 0.25) is 0 Å². The first-order chi connectivity index (χ1) is 8.33. The summed E-state index contributed by atoms with van der Waals surface area (Å²) in [5.74, 6) is 0. The van der Waals surface area contributed by atoms with Crippen LogP contribution in [0.15, 0.2) is 33.1 Å². The monoisotopic (exact) mass is 284 g/mol. The highest BCUT2D eigenvalue weighted by molar-refractivity contribution is 8.03. The van der Waals surface area contributed by atoms with Crippen LogP contribution in [0, 0.1) is 0 Å². The van der Waals surface area contributed by atoms with Gasteiger partial charge in [0.2, 0.25) is 0 Å². The van der Waals surface area contributed by atoms with Crippen LogP contribution in [0.4, 0.5) is 0 Å². The Morgan fingerprint density at radius 1 is 1.35 bits per heavy atom. The summed E-state index contributed by atoms with van der Waals surface area (Å²) in [4.78, 5) is 4.32. The molecule has 2 aromatic rings. The molecule has 4 nitrogen and oxygen atoms in total. The zero-order chi connectivity index (χ0) is 12.1. The fourth-order valence-electron chi connectivity index (χ4n) is 1.24. The lowest BCUT2D eigenvalue weighted by atomic mass is 10.3. The molecule has 2 rings (SSSR count). The number of aromatic nitrogens is 3. The lowest BCUT2D eigenvalue weighted by molar-refractivity contribution is 0.889. The Kier molecular flexibility index (Phi) is 4.78. The molecular formula is C10H12N4S3. The van der Waals surface area contributed by atoms with E-state index in [2.05, 4.69) is 15.2 Å². The van der Waals surface area contributed by atoms with E-state index in [1.165, 1.54) is 0 Å². The second kappa shape index (κ2) is 6.34. The van der Waals surface area contributed by atoms with Gasteiger partial charge in [0.15, 0.2) is 8.68 Å². The summed E-state index contributed by atoms with van der Waals surface area (Å²) >= 11 is 4.82. The molecular weight excluding hydrogens is 272 g/mol. The molecule has 0 fully saturated rings. The molecule has 0 saturated heterocycles. The smallest absolute Gasteiger partial charge is 0.175 e. The molecule has 1 unspecified atom stereocenters. The van der Waals surface area contributed by atoms with Crippen LogP contribution in [-0.4, -0.2) is 28.0 Å². The highest BCUT2D eigenvalue weighted by Crippen LogP contribution is 2.36. The first kappa shape index (κ1) is 12.8. The van der Waals surface area contributed by atoms with Gasteiger partial charge in [-0.05, 0) is 18.4 Å². The third kappa shape index (κ3) is 3.41. The predicted octanol–water partition coefficient (Wildman–Crippen LogP) is 2.45. The van der Waals surface area contributed by atoms with Gasteiger partial charge in [-0.3, -0.25) is 4.98 Å². The van der Waals surface area contributed by atoms with E-state index in [-0.39, 0.29) is 5.25 Å². The quantitative estimate of drug-likeness (QED) is 0.851. The van der Waals surface area contributed by atoms with Crippen LogP contribution in [0.5, 0.6) is 0 Å². The fraction of sp³-hybridized carbons (Fsp3) is 0.300. The summed E-state index contributed by atoms with van der Waals surface area (Å²) in [6.45, 7) is 0.538. The molecule has 2 heterocycles. The molecule has 0 amide bonds. The maximum absolute atomic E-state index is 5.78. The molecule has 0 saturated carbocycles. The van der Waals surface area contributed by atoms with E-state index in [9.17, 15) is 0 Å². The standard InChI is InChI=1S/C10H12N4S3/c1-15-9-13-14-10(17-9)16-8(6-11)7-4-2-3-5-12-7/h2-5,8H,6,11H2,1H3. The van der Waals surface area contributed by atoms with E-state index in [0.29, 0.717) is 6.54 Å². The van der Waals surface area contributed by atoms with Crippen LogP contribution >= 0.6 is 34.9 Å². The number of rotatable bonds is 5. The Morgan fingerprint density at radius 2 is 2.18 bits per heavy atom. The molecule has 0 aromatic carbocycles. The van der Waals surface area contributed by atoms with Crippen molar-refractivity contribution in [1.29, 1.82) is 0 Å². The third-order valence-electron chi connectivity index (χ3n) is 2.04. The van der Waals surface area contributed by atoms with Crippen LogP contribution in [0.3, 0.4) is 0 Å². The predicted molar refractivity (Wildman–Crippen MR) is 73.6 cm³/mol. The second-order valence-electron chi connectivity index (χ2n) is 3.13. The number of nitrogens with zero attached hydrogens (tertiary/aromatic N) is 3. The van der Waals surface area contributed by atoms with Gasteiger partial charge in [0.05, 0.1) is 10.9 Å². The van der Waals surface area contributed by atoms with Gasteiger partial charge in [-0.15, -0.1) is 10.2 Å². The maximum Gasteiger partial charge on any atom is 0.175 e. The number of thioether (sulfide) groups is 2. The molecule has 90 valence electrons. The largest absolute Gasteiger partial charge is 0.329 e. The van der Waals surface area contributed by atoms with Gasteiger partial charge in [-0.1, -0.05) is 40.9 Å². The van der Waals surface area contributed by atoms with E-state index in [4.69, 9.17) is 5.73 Å². The minimum Gasteiger partial charge on any atom is -0.329 e. The van der Waals surface area contributed by atoms with Crippen molar-refractivity contribution in [3.05, 3.63) is 30.1 Å². The molecule has 0 radical (unpaired) electrons. The van der Waals surface area contributed by atoms with Gasteiger partial charge >= 0.3 is 0 Å². The average Bonchev–Trinajstić information content (AvgIpc) is 2.84. The van der Waals surface area contributed by atoms with Crippen LogP contribution in [-0.2, 0) is 0 Å². The van der Waals surface area contributed by atoms with Gasteiger partial charge in [0.1, 0.15) is 0 Å². The van der Waals surface area contributed by atoms with Crippen molar-refractivity contribution < 1.29 is 0 Å². The first-order valence-electron chi connectivity index (χ1n) is 4.98. The minimum atomic E-state index is 0.138. The Bertz CT molecular complexity index is 460. The summed E-state index contributed by atoms with van der Waals surface area (Å²) in [6, 6.07) is 5.86. The second-order valence-corrected chi connectivity index (χ2v) is 6.62. The lowest BCUT2D eigenvalue weighted by Crippen LogP contribution is -2.10. The number of pyridine rings is 1. The van der Waals surface area contributed by atoms with Gasteiger partial charge in [-0.2, -0.15) is 0 Å². The minimum absolute atomic E-state index is 0.138. The fourth-order valence-corrected chi connectivity index (χ4v) is 3.87. The summed E-state index contributed by atoms with van der Waals surface area (Å²) < 4.78 is 1.92. The summed E-state index contributed by atoms with van der Waals surface area (Å²) in [5.41, 5.74) is 6.77. The van der Waals surface area contributed by atoms with Crippen molar-refractivity contribution in [1.82, 2.24) is 15.2 Å². The van der Waals surface area contributed by atoms with E-state index in [0.717, 1.165) is 14.4 Å². The van der Waals surface area contributed by atoms with Crippen molar-refractivity contribution in [3.8, 4) is 0 Å². The molecule has 0 aliphatic carbocycles. The van der Waals surface area contributed by atoms with Gasteiger partial charge in [0.25, 0.3) is 0 Å². The molecule has 1 atom stereocenters. The van der Waals surface area contributed by atoms with Gasteiger partial charge in [-0.25, -0.2) is 0 Å². The summed E-state index contributed by atoms with van der Waals surface area (Å²) in [7, 11) is 0. The Hall–Kier alpha value is -0.630. The van der Waals surface area contributed by atoms with Crippen LogP contribution in [0.25, 0.3) is 0 Å². The Morgan fingerprint density at radius 3 is 2.76 bits per heavy atom. The van der Waals surface area contributed by atoms with Crippen molar-refractivity contribution in [2.24, 2.45) is 5.73 Å². The van der Waals surface area contributed by atoms with Crippen molar-refractivity contribution in [2.45, 2.75) is 13.9 Å². The molecule has 0 bridgehead atoms. The van der Waals surface area contributed by atoms with Crippen molar-refractivity contribution >= 4 is 34.9 Å². The maximum atomic E-state index is 5.78. The van der Waals surface area contributed by atoms with Gasteiger partial charge in [0, 0.05) is 12.7 Å². The summed E-state index contributed by atoms with van der Waals surface area (Å²) in [5, 5.41) is 8.33. The lowest BCUT2D eigenvalue weighted by Gasteiger charge is -2.10. The molecule has 0 aliphatic heterocycles. The molecule has 17 heavy (non-hydrogen) atoms. The van der Waals surface area contributed by atoms with Crippen LogP contribution < -0.4 is 5.73 Å². The first-order valence-corrected chi connectivity index (χ1v) is 7.90. The Labute approximate surface area is 112 Å². The third-order valence-corrected chi connectivity index (χ3v) is 5.27. The average molecular weight is 284 g/mol. The highest BCUT2D eigenvalue weighted by Gasteiger charge is 2.15. The normalized spacial score (nSPS) is 12.6. The summed E-state index contributed by atoms with van der Waals surface area (Å²) in [6.07, 6.45) is 3.78. The molecule has 0 aliphatic rings. The number of nitrogens with two attached hydrogens (primary N) is 1. The van der Waals surface area contributed by atoms with E-state index < -0.39 is 0 Å². The van der Waals surface area contributed by atoms with E-state index in [1.807, 2.05) is 24.5 Å². The molecule has 2 N–H and O–H groups in total. The SMILES string of the molecule is CSc1nnc(SC(CN)c2ccccn2)s1. The van der Waals surface area contributed by atoms with E-state index >= 15 is 0 Å². The number of hydrogen-bond acceptors (Lipinski definition) is 7. The highest BCUT2D eigenvalue weighted by atomic mass is 32.2. The zero-order valence-corrected chi connectivity index (χ0v) is 11.7. The zero-order valence-electron chi connectivity index (χ0n) is 9.24. The Balaban J connectivity index is 2.10. The van der Waals surface area contributed by atoms with Crippen molar-refractivity contribution in [3.63, 3.8) is 0 Å². The molecule has 2 aromatic heterocycles. The topological polar surface area (TPSA) is 64.7 Å². The number of hydrogen-bond donors (Lipinski definition) is 1. The molecule has 7 heteroatoms. The van der Waals surface area contributed by atoms with E-state index in [1.54, 1.807) is 41.1 Å². The molecule has 0 spiro atoms.